The van der Waals surface area contributed by atoms with Crippen LogP contribution in [-0.4, -0.2) is 36.4 Å². The Morgan fingerprint density at radius 2 is 0.438 bits per heavy atom. The van der Waals surface area contributed by atoms with Gasteiger partial charge in [-0.2, -0.15) is 8.42 Å². The first-order valence-corrected chi connectivity index (χ1v) is 15.5. The first-order valence-electron chi connectivity index (χ1n) is 12.5. The molecular weight excluding hydrogens is 1970 g/mol. The maximum Gasteiger partial charge on any atom is 0.294 e. The van der Waals surface area contributed by atoms with Crippen molar-refractivity contribution in [3.63, 3.8) is 0 Å². The molecule has 3 rings (SSSR count). The number of aryl methyl sites for hydroxylation is 1. The van der Waals surface area contributed by atoms with Crippen molar-refractivity contribution < 1.29 is 393 Å². The Morgan fingerprint density at radius 3 is 0.562 bits per heavy atom. The van der Waals surface area contributed by atoms with Crippen LogP contribution < -0.4 is 0 Å². The molecule has 5 nitrogen and oxygen atoms in total. The Morgan fingerprint density at radius 1 is 0.305 bits per heavy atom. The van der Waals surface area contributed by atoms with E-state index < -0.39 is 10.1 Å². The zero-order valence-electron chi connectivity index (χ0n) is 43.7. The van der Waals surface area contributed by atoms with Crippen molar-refractivity contribution in [1.82, 2.24) is 9.88 Å². The lowest BCUT2D eigenvalue weighted by Gasteiger charge is -2.20. The number of rotatable bonds is 1. The monoisotopic (exact) mass is 1980 g/mol. The van der Waals surface area contributed by atoms with Gasteiger partial charge in [0.25, 0.3) is 10.1 Å². The third kappa shape index (κ3) is 960. The molecule has 1 aliphatic heterocycles. The van der Waals surface area contributed by atoms with Gasteiger partial charge in [0.15, 0.2) is 3.92 Å². The van der Waals surface area contributed by atoms with Crippen LogP contribution in [0.15, 0.2) is 33.1 Å². The predicted octanol–water partition coefficient (Wildman–Crippen LogP) is 37.7. The quantitative estimate of drug-likeness (QED) is 0.228. The van der Waals surface area contributed by atoms with Crippen LogP contribution in [0.2, 0.25) is 0 Å². The van der Waals surface area contributed by atoms with Gasteiger partial charge in [0.05, 0.1) is 10.6 Å². The second kappa shape index (κ2) is 1300. The van der Waals surface area contributed by atoms with Gasteiger partial charge in [-0.1, -0.05) is 17.7 Å². The van der Waals surface area contributed by atoms with Gasteiger partial charge in [0, 0.05) is 399 Å². The van der Waals surface area contributed by atoms with Gasteiger partial charge in [-0.05, 0) is 42.0 Å². The summed E-state index contributed by atoms with van der Waals surface area (Å²) in [7, 11) is -1.87. The lowest BCUT2D eigenvalue weighted by atomic mass is 10.2. The van der Waals surface area contributed by atoms with Gasteiger partial charge < -0.3 is 4.90 Å². The van der Waals surface area contributed by atoms with Crippen molar-refractivity contribution in [2.24, 2.45) is 0 Å². The Bertz CT molecular complexity index is 820. The standard InChI is InChI=1S/C7H9BrN2S.C7H8O3S.41F2.FH/c1-10-3-2-5-6(4-10)11-7(8)9-5;1-6-2-4-7(5-3-6)11(8,9)10;41*1-2;/h2-4H2,1H3;2-5H,1H3,(H,8,9,10);;;;;;;;;;;;;;;;;;;;;;;;;;;;;;;;;;;;;;;;;;1H. The van der Waals surface area contributed by atoms with E-state index in [2.05, 4.69) is 32.9 Å². The number of halogens is 84. The van der Waals surface area contributed by atoms with Gasteiger partial charge in [-0.25, -0.2) is 4.98 Å². The molecule has 1 aromatic heterocycles. The van der Waals surface area contributed by atoms with Crippen molar-refractivity contribution in [1.29, 1.82) is 0 Å². The summed E-state index contributed by atoms with van der Waals surface area (Å²) in [5.41, 5.74) is 2.25. The second-order valence-corrected chi connectivity index (χ2v) is 8.89. The molecule has 702 valence electrons. The Balaban J connectivity index is -0.0000000105. The minimum absolute atomic E-state index is 0. The molecule has 1 aliphatic rings. The van der Waals surface area contributed by atoms with Crippen molar-refractivity contribution >= 4 is 37.4 Å². The van der Waals surface area contributed by atoms with Gasteiger partial charge in [0.2, 0.25) is 0 Å². The highest BCUT2D eigenvalue weighted by molar-refractivity contribution is 9.11. The summed E-state index contributed by atoms with van der Waals surface area (Å²) < 4.78 is 687. The van der Waals surface area contributed by atoms with Crippen molar-refractivity contribution in [3.05, 3.63) is 44.3 Å². The minimum atomic E-state index is -4.02. The van der Waals surface area contributed by atoms with Gasteiger partial charge >= 0.3 is 0 Å². The van der Waals surface area contributed by atoms with Crippen molar-refractivity contribution in [2.45, 2.75) is 24.8 Å². The molecule has 0 amide bonds. The SMILES string of the molecule is CN1CCc2nc(Br)sc2C1.Cc1ccc(S(=O)(=O)O)cc1.F.FF.FF.FF.FF.FF.FF.FF.FF.FF.FF.FF.FF.FF.FF.FF.FF.FF.FF.FF.FF.FF.FF.FF.FF.FF.FF.FF.FF.FF.FF.FF.FF.FF.FF.FF.FF.FF.FF.FF.FF.FF. The van der Waals surface area contributed by atoms with Crippen LogP contribution in [0.5, 0.6) is 0 Å². The van der Waals surface area contributed by atoms with E-state index in [1.807, 2.05) is 6.92 Å². The molecule has 2 aromatic rings. The molecule has 0 saturated carbocycles. The fraction of sp³-hybridized carbons (Fsp3) is 0.357. The summed E-state index contributed by atoms with van der Waals surface area (Å²) in [5, 5.41) is 0. The molecule has 0 saturated heterocycles. The van der Waals surface area contributed by atoms with E-state index in [4.69, 9.17) is 380 Å². The van der Waals surface area contributed by atoms with Crippen LogP contribution >= 0.6 is 27.3 Å². The highest BCUT2D eigenvalue weighted by Crippen LogP contribution is 2.27. The topological polar surface area (TPSA) is 70.5 Å². The molecule has 0 bridgehead atoms. The summed E-state index contributed by atoms with van der Waals surface area (Å²) in [6, 6.07) is 5.99. The van der Waals surface area contributed by atoms with E-state index in [0.717, 1.165) is 29.0 Å². The number of hydrogen-bond acceptors (Lipinski definition) is 5. The molecule has 0 aliphatic carbocycles. The van der Waals surface area contributed by atoms with Crippen LogP contribution in [0.25, 0.3) is 0 Å². The summed E-state index contributed by atoms with van der Waals surface area (Å²) in [6.45, 7) is 4.05. The lowest BCUT2D eigenvalue weighted by molar-refractivity contribution is 0.108. The van der Waals surface area contributed by atoms with Crippen molar-refractivity contribution in [3.8, 4) is 0 Å². The number of likely N-dealkylation sites (N-methyl/N-ethyl adjacent to an activating group) is 1. The Kier molecular flexibility index (Phi) is 3510. The van der Waals surface area contributed by atoms with Crippen molar-refractivity contribution in [2.75, 3.05) is 13.6 Å². The van der Waals surface area contributed by atoms with Gasteiger partial charge in [-0.3, -0.25) is 9.26 Å². The summed E-state index contributed by atoms with van der Waals surface area (Å²) >= 11 is 5.16. The molecule has 105 heavy (non-hydrogen) atoms. The molecule has 1 aromatic carbocycles. The average molecular weight is 1980 g/mol. The molecule has 0 fully saturated rings. The normalized spacial score (nSPS) is 5.47. The smallest absolute Gasteiger partial charge is 0.294 e. The van der Waals surface area contributed by atoms with Gasteiger partial charge in [0.1, 0.15) is 0 Å². The lowest BCUT2D eigenvalue weighted by Crippen LogP contribution is -2.25. The third-order valence-corrected chi connectivity index (χ3v) is 5.62. The largest absolute Gasteiger partial charge is 0.301 e. The van der Waals surface area contributed by atoms with Crippen LogP contribution in [0.1, 0.15) is 16.1 Å². The first-order chi connectivity index (χ1) is 51.3. The number of benzene rings is 1. The maximum atomic E-state index is 10.5. The van der Waals surface area contributed by atoms with E-state index in [-0.39, 0.29) is 9.60 Å². The molecular formula is C14H18BrF83N2O3S2. The van der Waals surface area contributed by atoms with Crippen LogP contribution in [0, 0.1) is 6.92 Å². The predicted molar refractivity (Wildman–Crippen MR) is 184 cm³/mol. The summed E-state index contributed by atoms with van der Waals surface area (Å²) in [4.78, 5) is 8.08. The summed E-state index contributed by atoms with van der Waals surface area (Å²) in [6.07, 6.45) is 1.11. The van der Waals surface area contributed by atoms with E-state index in [1.54, 1.807) is 23.5 Å². The average Bonchev–Trinajstić information content (AvgIpc) is 1.79. The second-order valence-electron chi connectivity index (χ2n) is 5.11. The third-order valence-electron chi connectivity index (χ3n) is 3.21. The zero-order chi connectivity index (χ0) is 98.3. The molecule has 0 radical (unpaired) electrons. The molecule has 2 heterocycles. The zero-order valence-corrected chi connectivity index (χ0v) is 46.9. The number of nitrogens with zero attached hydrogens (tertiary/aromatic N) is 2. The number of aromatic nitrogens is 1. The molecule has 0 unspecified atom stereocenters. The van der Waals surface area contributed by atoms with Crippen LogP contribution in [0.3, 0.4) is 0 Å². The Labute approximate surface area is 524 Å². The fourth-order valence-electron chi connectivity index (χ4n) is 2.00. The summed E-state index contributed by atoms with van der Waals surface area (Å²) in [5.74, 6) is 0. The molecule has 0 spiro atoms. The minimum Gasteiger partial charge on any atom is -0.301 e. The number of thiazole rings is 1. The molecule has 0 atom stereocenters. The highest BCUT2D eigenvalue weighted by atomic mass is 79.9. The molecule has 1 N–H and O–H groups in total. The Hall–Kier alpha value is -6.61. The molecule has 91 heteroatoms. The maximum absolute atomic E-state index is 10.5. The van der Waals surface area contributed by atoms with Crippen LogP contribution in [0.4, 0.5) is 380 Å². The fourth-order valence-corrected chi connectivity index (χ4v) is 4.19. The van der Waals surface area contributed by atoms with E-state index in [9.17, 15) is 8.42 Å². The van der Waals surface area contributed by atoms with E-state index >= 15 is 0 Å². The van der Waals surface area contributed by atoms with E-state index in [1.165, 1.54) is 22.7 Å². The first kappa shape index (κ1) is 283. The van der Waals surface area contributed by atoms with Crippen LogP contribution in [-0.2, 0) is 23.1 Å². The number of hydrogen-bond donors (Lipinski definition) is 1. The van der Waals surface area contributed by atoms with Gasteiger partial charge in [-0.15, -0.1) is 11.3 Å². The highest BCUT2D eigenvalue weighted by Gasteiger charge is 2.16. The van der Waals surface area contributed by atoms with E-state index in [0.29, 0.717) is 0 Å². The number of fused-ring (bicyclic) bond motifs is 1.